The van der Waals surface area contributed by atoms with Crippen LogP contribution in [0.4, 0.5) is 0 Å². The van der Waals surface area contributed by atoms with Gasteiger partial charge in [-0.2, -0.15) is 4.57 Å². The van der Waals surface area contributed by atoms with Crippen molar-refractivity contribution in [3.8, 4) is 0 Å². The van der Waals surface area contributed by atoms with Crippen LogP contribution in [0.2, 0.25) is 0 Å². The van der Waals surface area contributed by atoms with E-state index in [0.29, 0.717) is 0 Å². The van der Waals surface area contributed by atoms with Gasteiger partial charge in [-0.05, 0) is 24.2 Å². The van der Waals surface area contributed by atoms with Crippen LogP contribution in [0.5, 0.6) is 0 Å². The number of nitrogens with zero attached hydrogens (tertiary/aromatic N) is 1. The second kappa shape index (κ2) is 9.52. The zero-order valence-electron chi connectivity index (χ0n) is 11.3. The fraction of sp³-hybridized carbons (Fsp3) is 0.667. The van der Waals surface area contributed by atoms with Crippen LogP contribution in [0.1, 0.15) is 51.5 Å². The van der Waals surface area contributed by atoms with Crippen molar-refractivity contribution in [2.45, 2.75) is 58.2 Å². The fourth-order valence-corrected chi connectivity index (χ4v) is 2.71. The van der Waals surface area contributed by atoms with Gasteiger partial charge in [-0.25, -0.2) is 0 Å². The molecular formula is C15H26NS+. The lowest BCUT2D eigenvalue weighted by Gasteiger charge is -2.00. The summed E-state index contributed by atoms with van der Waals surface area (Å²) in [5.74, 6) is 2.39. The minimum Gasteiger partial charge on any atom is -0.195 e. The standard InChI is InChI=1S/C15H26NS/c1-3-5-6-7-8-13-17-14-16-11-9-15(4-2)10-12-16/h9-12H,3-8,13-14H2,1-2H3/q+1. The van der Waals surface area contributed by atoms with E-state index in [1.165, 1.54) is 43.4 Å². The first-order chi connectivity index (χ1) is 8.36. The Morgan fingerprint density at radius 1 is 1.00 bits per heavy atom. The second-order valence-electron chi connectivity index (χ2n) is 4.53. The van der Waals surface area contributed by atoms with Gasteiger partial charge in [-0.3, -0.25) is 0 Å². The van der Waals surface area contributed by atoms with E-state index < -0.39 is 0 Å². The van der Waals surface area contributed by atoms with E-state index in [9.17, 15) is 0 Å². The van der Waals surface area contributed by atoms with Crippen LogP contribution in [0.3, 0.4) is 0 Å². The summed E-state index contributed by atoms with van der Waals surface area (Å²) in [4.78, 5) is 0. The van der Waals surface area contributed by atoms with Crippen molar-refractivity contribution >= 4 is 11.8 Å². The largest absolute Gasteiger partial charge is 0.195 e. The Balaban J connectivity index is 2.05. The molecule has 0 atom stereocenters. The zero-order chi connectivity index (χ0) is 12.3. The second-order valence-corrected chi connectivity index (χ2v) is 5.60. The number of hydrogen-bond donors (Lipinski definition) is 0. The molecule has 0 aliphatic heterocycles. The molecule has 1 rings (SSSR count). The molecule has 2 heteroatoms. The van der Waals surface area contributed by atoms with Crippen LogP contribution in [0, 0.1) is 0 Å². The third-order valence-electron chi connectivity index (χ3n) is 3.00. The van der Waals surface area contributed by atoms with Crippen LogP contribution in [-0.4, -0.2) is 5.75 Å². The summed E-state index contributed by atoms with van der Waals surface area (Å²) in [5.41, 5.74) is 1.42. The molecule has 1 aromatic rings. The molecule has 17 heavy (non-hydrogen) atoms. The van der Waals surface area contributed by atoms with Crippen molar-refractivity contribution in [1.29, 1.82) is 0 Å². The number of aromatic nitrogens is 1. The van der Waals surface area contributed by atoms with E-state index >= 15 is 0 Å². The Bertz CT molecular complexity index is 281. The van der Waals surface area contributed by atoms with Gasteiger partial charge in [0.25, 0.3) is 0 Å². The van der Waals surface area contributed by atoms with Crippen molar-refractivity contribution in [2.24, 2.45) is 0 Å². The number of hydrogen-bond acceptors (Lipinski definition) is 1. The lowest BCUT2D eigenvalue weighted by molar-refractivity contribution is -0.676. The lowest BCUT2D eigenvalue weighted by atomic mass is 10.2. The molecule has 0 bridgehead atoms. The normalized spacial score (nSPS) is 10.7. The summed E-state index contributed by atoms with van der Waals surface area (Å²) in [6.45, 7) is 4.47. The molecule has 0 aromatic carbocycles. The number of pyridine rings is 1. The molecule has 0 saturated heterocycles. The van der Waals surface area contributed by atoms with Gasteiger partial charge < -0.3 is 0 Å². The van der Waals surface area contributed by atoms with Gasteiger partial charge in [0.2, 0.25) is 0 Å². The molecule has 96 valence electrons. The van der Waals surface area contributed by atoms with Crippen molar-refractivity contribution in [1.82, 2.24) is 0 Å². The highest BCUT2D eigenvalue weighted by Gasteiger charge is 2.00. The first-order valence-electron chi connectivity index (χ1n) is 6.92. The number of thioether (sulfide) groups is 1. The predicted molar refractivity (Wildman–Crippen MR) is 77.2 cm³/mol. The van der Waals surface area contributed by atoms with Crippen LogP contribution >= 0.6 is 11.8 Å². The van der Waals surface area contributed by atoms with Crippen molar-refractivity contribution in [3.05, 3.63) is 30.1 Å². The highest BCUT2D eigenvalue weighted by Crippen LogP contribution is 2.08. The Morgan fingerprint density at radius 3 is 2.35 bits per heavy atom. The Labute approximate surface area is 111 Å². The summed E-state index contributed by atoms with van der Waals surface area (Å²) in [5, 5.41) is 0. The van der Waals surface area contributed by atoms with Crippen LogP contribution < -0.4 is 4.57 Å². The molecule has 0 fully saturated rings. The maximum atomic E-state index is 2.27. The maximum absolute atomic E-state index is 2.27. The summed E-state index contributed by atoms with van der Waals surface area (Å²) >= 11 is 2.04. The van der Waals surface area contributed by atoms with Crippen LogP contribution in [0.15, 0.2) is 24.5 Å². The van der Waals surface area contributed by atoms with Crippen LogP contribution in [-0.2, 0) is 12.3 Å². The first-order valence-corrected chi connectivity index (χ1v) is 8.08. The maximum Gasteiger partial charge on any atom is 0.194 e. The van der Waals surface area contributed by atoms with E-state index in [1.807, 2.05) is 11.8 Å². The van der Waals surface area contributed by atoms with E-state index in [2.05, 4.69) is 42.9 Å². The number of rotatable bonds is 9. The fourth-order valence-electron chi connectivity index (χ4n) is 1.79. The molecule has 0 spiro atoms. The first kappa shape index (κ1) is 14.6. The van der Waals surface area contributed by atoms with Crippen molar-refractivity contribution in [3.63, 3.8) is 0 Å². The highest BCUT2D eigenvalue weighted by molar-refractivity contribution is 7.98. The minimum atomic E-state index is 1.10. The Kier molecular flexibility index (Phi) is 8.16. The third-order valence-corrected chi connectivity index (χ3v) is 4.06. The topological polar surface area (TPSA) is 3.88 Å². The summed E-state index contributed by atoms with van der Waals surface area (Å²) in [6, 6.07) is 4.45. The average Bonchev–Trinajstić information content (AvgIpc) is 2.38. The van der Waals surface area contributed by atoms with Gasteiger partial charge in [0.15, 0.2) is 18.3 Å². The Morgan fingerprint density at radius 2 is 1.71 bits per heavy atom. The Hall–Kier alpha value is -0.500. The summed E-state index contributed by atoms with van der Waals surface area (Å²) in [7, 11) is 0. The average molecular weight is 252 g/mol. The zero-order valence-corrected chi connectivity index (χ0v) is 12.1. The molecule has 0 aliphatic carbocycles. The summed E-state index contributed by atoms with van der Waals surface area (Å²) < 4.78 is 2.27. The van der Waals surface area contributed by atoms with Crippen LogP contribution in [0.25, 0.3) is 0 Å². The molecular weight excluding hydrogens is 226 g/mol. The van der Waals surface area contributed by atoms with Gasteiger partial charge in [0, 0.05) is 12.1 Å². The quantitative estimate of drug-likeness (QED) is 0.470. The monoisotopic (exact) mass is 252 g/mol. The SMILES string of the molecule is CCCCCCCSC[n+]1ccc(CC)cc1. The molecule has 0 saturated carbocycles. The predicted octanol–water partition coefficient (Wildman–Crippen LogP) is 4.20. The number of unbranched alkanes of at least 4 members (excludes halogenated alkanes) is 4. The molecule has 1 heterocycles. The highest BCUT2D eigenvalue weighted by atomic mass is 32.2. The molecule has 0 amide bonds. The molecule has 1 aromatic heterocycles. The van der Waals surface area contributed by atoms with Gasteiger partial charge in [0.05, 0.1) is 0 Å². The van der Waals surface area contributed by atoms with Gasteiger partial charge in [0.1, 0.15) is 0 Å². The van der Waals surface area contributed by atoms with E-state index in [1.54, 1.807) is 0 Å². The van der Waals surface area contributed by atoms with E-state index in [0.717, 1.165) is 12.3 Å². The minimum absolute atomic E-state index is 1.10. The van der Waals surface area contributed by atoms with Crippen molar-refractivity contribution < 1.29 is 4.57 Å². The molecule has 0 N–H and O–H groups in total. The van der Waals surface area contributed by atoms with Gasteiger partial charge >= 0.3 is 0 Å². The van der Waals surface area contributed by atoms with Crippen molar-refractivity contribution in [2.75, 3.05) is 5.75 Å². The van der Waals surface area contributed by atoms with Gasteiger partial charge in [-0.1, -0.05) is 51.3 Å². The van der Waals surface area contributed by atoms with E-state index in [-0.39, 0.29) is 0 Å². The van der Waals surface area contributed by atoms with E-state index in [4.69, 9.17) is 0 Å². The number of aryl methyl sites for hydroxylation is 1. The summed E-state index contributed by atoms with van der Waals surface area (Å²) in [6.07, 6.45) is 12.5. The molecule has 0 unspecified atom stereocenters. The van der Waals surface area contributed by atoms with Gasteiger partial charge in [-0.15, -0.1) is 0 Å². The third kappa shape index (κ3) is 6.72. The molecule has 0 radical (unpaired) electrons. The lowest BCUT2D eigenvalue weighted by Crippen LogP contribution is -2.31. The molecule has 0 aliphatic rings. The molecule has 1 nitrogen and oxygen atoms in total. The smallest absolute Gasteiger partial charge is 0.194 e.